The van der Waals surface area contributed by atoms with Crippen LogP contribution in [0.2, 0.25) is 0 Å². The average molecular weight is 225 g/mol. The van der Waals surface area contributed by atoms with Crippen LogP contribution in [0.4, 0.5) is 0 Å². The van der Waals surface area contributed by atoms with Crippen molar-refractivity contribution in [3.63, 3.8) is 0 Å². The fourth-order valence-corrected chi connectivity index (χ4v) is 1.56. The summed E-state index contributed by atoms with van der Waals surface area (Å²) < 4.78 is 0.692. The number of nitrogens with one attached hydrogen (secondary N) is 1. The Bertz CT molecular complexity index is 311. The number of aromatic nitrogens is 1. The first-order chi connectivity index (χ1) is 6.83. The molecule has 0 amide bonds. The summed E-state index contributed by atoms with van der Waals surface area (Å²) in [6, 6.07) is 3.75. The van der Waals surface area contributed by atoms with Crippen molar-refractivity contribution in [2.45, 2.75) is 6.92 Å². The van der Waals surface area contributed by atoms with Crippen molar-refractivity contribution in [1.82, 2.24) is 10.4 Å². The van der Waals surface area contributed by atoms with E-state index in [1.807, 2.05) is 19.1 Å². The van der Waals surface area contributed by atoms with Crippen molar-refractivity contribution >= 4 is 34.5 Å². The van der Waals surface area contributed by atoms with Gasteiger partial charge in [0.05, 0.1) is 6.21 Å². The minimum Gasteiger partial charge on any atom is -0.265 e. The van der Waals surface area contributed by atoms with Gasteiger partial charge in [-0.05, 0) is 23.4 Å². The zero-order valence-electron chi connectivity index (χ0n) is 7.80. The van der Waals surface area contributed by atoms with Gasteiger partial charge in [-0.15, -0.1) is 0 Å². The number of hydrazone groups is 1. The molecule has 0 aliphatic carbocycles. The van der Waals surface area contributed by atoms with Gasteiger partial charge in [-0.1, -0.05) is 30.9 Å². The van der Waals surface area contributed by atoms with Gasteiger partial charge in [-0.2, -0.15) is 5.10 Å². The number of pyridine rings is 1. The van der Waals surface area contributed by atoms with Gasteiger partial charge in [-0.3, -0.25) is 10.4 Å². The lowest BCUT2D eigenvalue weighted by Gasteiger charge is -1.98. The van der Waals surface area contributed by atoms with Crippen LogP contribution < -0.4 is 5.43 Å². The number of hydrogen-bond donors (Lipinski definition) is 1. The molecule has 0 aliphatic heterocycles. The Morgan fingerprint density at radius 3 is 3.00 bits per heavy atom. The summed E-state index contributed by atoms with van der Waals surface area (Å²) in [7, 11) is 0. The van der Waals surface area contributed by atoms with Crippen molar-refractivity contribution in [1.29, 1.82) is 0 Å². The largest absolute Gasteiger partial charge is 0.265 e. The Morgan fingerprint density at radius 2 is 2.36 bits per heavy atom. The van der Waals surface area contributed by atoms with Crippen molar-refractivity contribution < 1.29 is 0 Å². The average Bonchev–Trinajstić information content (AvgIpc) is 2.20. The molecule has 1 aromatic rings. The number of rotatable bonds is 3. The fourth-order valence-electron chi connectivity index (χ4n) is 0.772. The van der Waals surface area contributed by atoms with E-state index in [0.717, 1.165) is 11.3 Å². The Kier molecular flexibility index (Phi) is 5.17. The van der Waals surface area contributed by atoms with E-state index in [1.165, 1.54) is 0 Å². The third kappa shape index (κ3) is 4.34. The van der Waals surface area contributed by atoms with Crippen LogP contribution in [0, 0.1) is 0 Å². The first-order valence-electron chi connectivity index (χ1n) is 4.18. The zero-order chi connectivity index (χ0) is 10.2. The van der Waals surface area contributed by atoms with Crippen molar-refractivity contribution in [2.24, 2.45) is 5.10 Å². The molecule has 1 heterocycles. The first-order valence-corrected chi connectivity index (χ1v) is 5.58. The number of hydrogen-bond acceptors (Lipinski definition) is 4. The number of nitrogens with zero attached hydrogens (tertiary/aromatic N) is 2. The molecule has 0 saturated carbocycles. The first kappa shape index (κ1) is 11.1. The predicted molar refractivity (Wildman–Crippen MR) is 65.7 cm³/mol. The molecule has 1 N–H and O–H groups in total. The summed E-state index contributed by atoms with van der Waals surface area (Å²) in [5, 5.41) is 4.00. The van der Waals surface area contributed by atoms with Crippen LogP contribution in [0.3, 0.4) is 0 Å². The molecule has 5 heteroatoms. The molecule has 3 nitrogen and oxygen atoms in total. The zero-order valence-corrected chi connectivity index (χ0v) is 9.44. The summed E-state index contributed by atoms with van der Waals surface area (Å²) in [6.07, 6.45) is 5.16. The highest BCUT2D eigenvalue weighted by Gasteiger charge is 1.90. The molecule has 0 saturated heterocycles. The summed E-state index contributed by atoms with van der Waals surface area (Å²) >= 11 is 6.55. The topological polar surface area (TPSA) is 37.3 Å². The monoisotopic (exact) mass is 225 g/mol. The van der Waals surface area contributed by atoms with Gasteiger partial charge < -0.3 is 0 Å². The molecule has 0 radical (unpaired) electrons. The van der Waals surface area contributed by atoms with Crippen LogP contribution in [0.5, 0.6) is 0 Å². The Balaban J connectivity index is 2.38. The molecule has 14 heavy (non-hydrogen) atoms. The van der Waals surface area contributed by atoms with E-state index >= 15 is 0 Å². The minimum atomic E-state index is 0.692. The SMILES string of the molecule is CCSC(=S)NN=Cc1ccncc1. The molecule has 74 valence electrons. The number of thioether (sulfide) groups is 1. The number of thiocarbonyl (C=S) groups is 1. The van der Waals surface area contributed by atoms with E-state index in [-0.39, 0.29) is 0 Å². The van der Waals surface area contributed by atoms with Crippen LogP contribution in [0.1, 0.15) is 12.5 Å². The van der Waals surface area contributed by atoms with Gasteiger partial charge >= 0.3 is 0 Å². The highest BCUT2D eigenvalue weighted by molar-refractivity contribution is 8.22. The Morgan fingerprint density at radius 1 is 1.64 bits per heavy atom. The van der Waals surface area contributed by atoms with Crippen molar-refractivity contribution in [3.8, 4) is 0 Å². The lowest BCUT2D eigenvalue weighted by Crippen LogP contribution is -2.11. The van der Waals surface area contributed by atoms with E-state index in [4.69, 9.17) is 12.2 Å². The summed E-state index contributed by atoms with van der Waals surface area (Å²) in [4.78, 5) is 3.91. The molecule has 0 unspecified atom stereocenters. The summed E-state index contributed by atoms with van der Waals surface area (Å²) in [5.41, 5.74) is 3.77. The molecule has 0 aliphatic rings. The van der Waals surface area contributed by atoms with Gasteiger partial charge in [0.15, 0.2) is 4.32 Å². The second-order valence-electron chi connectivity index (χ2n) is 2.37. The highest BCUT2D eigenvalue weighted by atomic mass is 32.2. The van der Waals surface area contributed by atoms with Gasteiger partial charge in [0.25, 0.3) is 0 Å². The second kappa shape index (κ2) is 6.50. The molecule has 0 bridgehead atoms. The molecule has 1 rings (SSSR count). The highest BCUT2D eigenvalue weighted by Crippen LogP contribution is 1.99. The van der Waals surface area contributed by atoms with Crippen molar-refractivity contribution in [3.05, 3.63) is 30.1 Å². The van der Waals surface area contributed by atoms with Crippen LogP contribution in [-0.4, -0.2) is 21.3 Å². The second-order valence-corrected chi connectivity index (χ2v) is 4.31. The van der Waals surface area contributed by atoms with Crippen LogP contribution in [0.15, 0.2) is 29.6 Å². The Labute approximate surface area is 93.0 Å². The predicted octanol–water partition coefficient (Wildman–Crippen LogP) is 2.04. The standard InChI is InChI=1S/C9H11N3S2/c1-2-14-9(13)12-11-7-8-3-5-10-6-4-8/h3-7H,2H2,1H3,(H,12,13). The van der Waals surface area contributed by atoms with Gasteiger partial charge in [0, 0.05) is 12.4 Å². The molecule has 0 atom stereocenters. The normalized spacial score (nSPS) is 10.4. The maximum Gasteiger partial charge on any atom is 0.154 e. The van der Waals surface area contributed by atoms with E-state index in [0.29, 0.717) is 4.32 Å². The maximum absolute atomic E-state index is 4.99. The van der Waals surface area contributed by atoms with Gasteiger partial charge in [-0.25, -0.2) is 0 Å². The smallest absolute Gasteiger partial charge is 0.154 e. The lowest BCUT2D eigenvalue weighted by atomic mass is 10.3. The molecule has 0 fully saturated rings. The minimum absolute atomic E-state index is 0.692. The van der Waals surface area contributed by atoms with Crippen LogP contribution >= 0.6 is 24.0 Å². The van der Waals surface area contributed by atoms with Gasteiger partial charge in [0.2, 0.25) is 0 Å². The van der Waals surface area contributed by atoms with E-state index in [9.17, 15) is 0 Å². The summed E-state index contributed by atoms with van der Waals surface area (Å²) in [5.74, 6) is 0.955. The van der Waals surface area contributed by atoms with E-state index in [1.54, 1.807) is 30.4 Å². The lowest BCUT2D eigenvalue weighted by molar-refractivity contribution is 1.07. The molecule has 0 spiro atoms. The quantitative estimate of drug-likeness (QED) is 0.485. The molecule has 1 aromatic heterocycles. The molecule has 0 aromatic carbocycles. The van der Waals surface area contributed by atoms with Crippen LogP contribution in [0.25, 0.3) is 0 Å². The van der Waals surface area contributed by atoms with Gasteiger partial charge in [0.1, 0.15) is 0 Å². The maximum atomic E-state index is 4.99. The third-order valence-corrected chi connectivity index (χ3v) is 2.44. The summed E-state index contributed by atoms with van der Waals surface area (Å²) in [6.45, 7) is 2.05. The van der Waals surface area contributed by atoms with Crippen molar-refractivity contribution in [2.75, 3.05) is 5.75 Å². The fraction of sp³-hybridized carbons (Fsp3) is 0.222. The molecular weight excluding hydrogens is 214 g/mol. The van der Waals surface area contributed by atoms with E-state index < -0.39 is 0 Å². The molecular formula is C9H11N3S2. The Hall–Kier alpha value is -0.940. The van der Waals surface area contributed by atoms with E-state index in [2.05, 4.69) is 15.5 Å². The third-order valence-electron chi connectivity index (χ3n) is 1.35. The van der Waals surface area contributed by atoms with Crippen LogP contribution in [-0.2, 0) is 0 Å².